The zero-order valence-corrected chi connectivity index (χ0v) is 13.2. The molecule has 0 saturated carbocycles. The summed E-state index contributed by atoms with van der Waals surface area (Å²) in [5, 5.41) is 4.25. The summed E-state index contributed by atoms with van der Waals surface area (Å²) in [5.41, 5.74) is 5.36. The average molecular weight is 301 g/mol. The molecule has 0 saturated heterocycles. The lowest BCUT2D eigenvalue weighted by Crippen LogP contribution is -2.24. The van der Waals surface area contributed by atoms with Crippen LogP contribution < -0.4 is 5.32 Å². The van der Waals surface area contributed by atoms with Gasteiger partial charge in [-0.15, -0.1) is 0 Å². The van der Waals surface area contributed by atoms with Gasteiger partial charge in [-0.2, -0.15) is 0 Å². The molecule has 0 aliphatic heterocycles. The minimum Gasteiger partial charge on any atom is -0.309 e. The van der Waals surface area contributed by atoms with Crippen LogP contribution in [-0.4, -0.2) is 11.5 Å². The lowest BCUT2D eigenvalue weighted by molar-refractivity contribution is 0.537. The molecule has 1 N–H and O–H groups in total. The van der Waals surface area contributed by atoms with Gasteiger partial charge >= 0.3 is 0 Å². The highest BCUT2D eigenvalue weighted by atomic mass is 35.5. The zero-order valence-electron chi connectivity index (χ0n) is 12.4. The van der Waals surface area contributed by atoms with Crippen LogP contribution in [0.15, 0.2) is 36.5 Å². The fourth-order valence-corrected chi connectivity index (χ4v) is 3.41. The Bertz CT molecular complexity index is 624. The van der Waals surface area contributed by atoms with Crippen molar-refractivity contribution in [1.29, 1.82) is 0 Å². The maximum absolute atomic E-state index is 6.31. The quantitative estimate of drug-likeness (QED) is 0.898. The third-order valence-corrected chi connectivity index (χ3v) is 4.49. The van der Waals surface area contributed by atoms with Crippen LogP contribution >= 0.6 is 11.6 Å². The molecule has 0 bridgehead atoms. The van der Waals surface area contributed by atoms with Crippen LogP contribution in [0.2, 0.25) is 5.02 Å². The van der Waals surface area contributed by atoms with Gasteiger partial charge in [-0.25, -0.2) is 0 Å². The summed E-state index contributed by atoms with van der Waals surface area (Å²) in [4.78, 5) is 4.47. The summed E-state index contributed by atoms with van der Waals surface area (Å²) in [6.45, 7) is 3.02. The zero-order chi connectivity index (χ0) is 14.7. The fourth-order valence-electron chi connectivity index (χ4n) is 3.15. The smallest absolute Gasteiger partial charge is 0.0762 e. The van der Waals surface area contributed by atoms with Crippen molar-refractivity contribution in [3.8, 4) is 0 Å². The van der Waals surface area contributed by atoms with E-state index in [1.54, 1.807) is 0 Å². The number of hydrogen-bond acceptors (Lipinski definition) is 2. The summed E-state index contributed by atoms with van der Waals surface area (Å²) in [6, 6.07) is 10.9. The monoisotopic (exact) mass is 300 g/mol. The first-order chi connectivity index (χ1) is 10.3. The second kappa shape index (κ2) is 6.59. The average Bonchev–Trinajstić information content (AvgIpc) is 2.95. The predicted octanol–water partition coefficient (Wildman–Crippen LogP) is 4.12. The van der Waals surface area contributed by atoms with Gasteiger partial charge in [-0.1, -0.05) is 36.7 Å². The molecule has 1 atom stereocenters. The molecule has 1 aliphatic rings. The number of pyridine rings is 1. The third-order valence-electron chi connectivity index (χ3n) is 4.17. The van der Waals surface area contributed by atoms with E-state index in [9.17, 15) is 0 Å². The van der Waals surface area contributed by atoms with E-state index < -0.39 is 0 Å². The second-order valence-electron chi connectivity index (χ2n) is 5.64. The predicted molar refractivity (Wildman–Crippen MR) is 87.8 cm³/mol. The highest BCUT2D eigenvalue weighted by Gasteiger charge is 2.17. The Morgan fingerprint density at radius 2 is 2.10 bits per heavy atom. The molecule has 0 amide bonds. The van der Waals surface area contributed by atoms with Crippen LogP contribution in [0.25, 0.3) is 0 Å². The van der Waals surface area contributed by atoms with E-state index in [4.69, 9.17) is 11.6 Å². The normalized spacial score (nSPS) is 15.0. The first-order valence-electron chi connectivity index (χ1n) is 7.72. The number of benzene rings is 1. The summed E-state index contributed by atoms with van der Waals surface area (Å²) < 4.78 is 0. The number of nitrogens with one attached hydrogen (secondary N) is 1. The maximum atomic E-state index is 6.31. The number of halogens is 1. The van der Waals surface area contributed by atoms with Gasteiger partial charge in [0.1, 0.15) is 0 Å². The Labute approximate surface area is 131 Å². The molecule has 1 aromatic carbocycles. The van der Waals surface area contributed by atoms with Gasteiger partial charge in [-0.3, -0.25) is 4.98 Å². The Hall–Kier alpha value is -1.38. The molecule has 2 aromatic rings. The molecule has 1 unspecified atom stereocenters. The Morgan fingerprint density at radius 3 is 2.90 bits per heavy atom. The first kappa shape index (κ1) is 14.6. The summed E-state index contributed by atoms with van der Waals surface area (Å²) in [7, 11) is 0. The molecule has 0 radical (unpaired) electrons. The number of hydrogen-bond donors (Lipinski definition) is 1. The molecular weight excluding hydrogens is 280 g/mol. The van der Waals surface area contributed by atoms with E-state index in [0.717, 1.165) is 23.7 Å². The van der Waals surface area contributed by atoms with Crippen LogP contribution in [0.4, 0.5) is 0 Å². The highest BCUT2D eigenvalue weighted by Crippen LogP contribution is 2.27. The number of rotatable bonds is 5. The molecular formula is C18H21ClN2. The van der Waals surface area contributed by atoms with Gasteiger partial charge in [0, 0.05) is 6.20 Å². The number of nitrogens with zero attached hydrogens (tertiary/aromatic N) is 1. The van der Waals surface area contributed by atoms with Gasteiger partial charge in [0.15, 0.2) is 0 Å². The van der Waals surface area contributed by atoms with Crippen molar-refractivity contribution >= 4 is 11.6 Å². The van der Waals surface area contributed by atoms with Crippen molar-refractivity contribution in [3.05, 3.63) is 63.9 Å². The lowest BCUT2D eigenvalue weighted by atomic mass is 9.99. The molecule has 0 fully saturated rings. The molecule has 3 rings (SSSR count). The summed E-state index contributed by atoms with van der Waals surface area (Å²) >= 11 is 6.31. The van der Waals surface area contributed by atoms with E-state index >= 15 is 0 Å². The Morgan fingerprint density at radius 1 is 1.24 bits per heavy atom. The summed E-state index contributed by atoms with van der Waals surface area (Å²) in [5.74, 6) is 0. The Kier molecular flexibility index (Phi) is 4.57. The number of aryl methyl sites for hydroxylation is 2. The largest absolute Gasteiger partial charge is 0.309 e. The van der Waals surface area contributed by atoms with Gasteiger partial charge in [-0.05, 0) is 61.1 Å². The van der Waals surface area contributed by atoms with Crippen molar-refractivity contribution in [2.24, 2.45) is 0 Å². The first-order valence-corrected chi connectivity index (χ1v) is 8.10. The Balaban J connectivity index is 1.84. The molecule has 1 heterocycles. The fraction of sp³-hybridized carbons (Fsp3) is 0.389. The molecule has 0 spiro atoms. The van der Waals surface area contributed by atoms with Crippen LogP contribution in [0, 0.1) is 0 Å². The number of fused-ring (bicyclic) bond motifs is 1. The number of likely N-dealkylation sites (N-methyl/N-ethyl adjacent to an activating group) is 1. The van der Waals surface area contributed by atoms with Gasteiger partial charge < -0.3 is 5.32 Å². The minimum absolute atomic E-state index is 0.170. The number of aromatic nitrogens is 1. The van der Waals surface area contributed by atoms with E-state index in [1.807, 2.05) is 18.3 Å². The molecule has 2 nitrogen and oxygen atoms in total. The van der Waals surface area contributed by atoms with Crippen molar-refractivity contribution in [1.82, 2.24) is 10.3 Å². The van der Waals surface area contributed by atoms with Gasteiger partial charge in [0.2, 0.25) is 0 Å². The second-order valence-corrected chi connectivity index (χ2v) is 6.05. The molecule has 110 valence electrons. The van der Waals surface area contributed by atoms with Crippen LogP contribution in [0.5, 0.6) is 0 Å². The van der Waals surface area contributed by atoms with Crippen LogP contribution in [0.3, 0.4) is 0 Å². The molecule has 21 heavy (non-hydrogen) atoms. The standard InChI is InChI=1S/C18H21ClN2/c1-2-20-17(18-16(19)7-4-10-21-18)12-13-8-9-14-5-3-6-15(14)11-13/h4,7-11,17,20H,2-3,5-6,12H2,1H3. The van der Waals surface area contributed by atoms with Crippen molar-refractivity contribution in [3.63, 3.8) is 0 Å². The third kappa shape index (κ3) is 3.28. The van der Waals surface area contributed by atoms with Crippen LogP contribution in [0.1, 0.15) is 41.8 Å². The molecule has 3 heteroatoms. The molecule has 1 aliphatic carbocycles. The van der Waals surface area contributed by atoms with Crippen molar-refractivity contribution < 1.29 is 0 Å². The highest BCUT2D eigenvalue weighted by molar-refractivity contribution is 6.31. The van der Waals surface area contributed by atoms with Crippen molar-refractivity contribution in [2.75, 3.05) is 6.54 Å². The SMILES string of the molecule is CCNC(Cc1ccc2c(c1)CCC2)c1ncccc1Cl. The topological polar surface area (TPSA) is 24.9 Å². The van der Waals surface area contributed by atoms with E-state index in [0.29, 0.717) is 0 Å². The van der Waals surface area contributed by atoms with Gasteiger partial charge in [0.05, 0.1) is 16.8 Å². The lowest BCUT2D eigenvalue weighted by Gasteiger charge is -2.19. The van der Waals surface area contributed by atoms with Crippen LogP contribution in [-0.2, 0) is 19.3 Å². The van der Waals surface area contributed by atoms with E-state index in [2.05, 4.69) is 35.4 Å². The summed E-state index contributed by atoms with van der Waals surface area (Å²) in [6.07, 6.45) is 6.49. The minimum atomic E-state index is 0.170. The maximum Gasteiger partial charge on any atom is 0.0762 e. The van der Waals surface area contributed by atoms with E-state index in [-0.39, 0.29) is 6.04 Å². The van der Waals surface area contributed by atoms with E-state index in [1.165, 1.54) is 36.0 Å². The van der Waals surface area contributed by atoms with Crippen molar-refractivity contribution in [2.45, 2.75) is 38.6 Å². The van der Waals surface area contributed by atoms with Gasteiger partial charge in [0.25, 0.3) is 0 Å². The molecule has 1 aromatic heterocycles.